The molecule has 0 aromatic rings. The van der Waals surface area contributed by atoms with Gasteiger partial charge in [0.05, 0.1) is 13.2 Å². The summed E-state index contributed by atoms with van der Waals surface area (Å²) in [5, 5.41) is 19.1. The van der Waals surface area contributed by atoms with E-state index in [1.807, 2.05) is 0 Å². The van der Waals surface area contributed by atoms with Crippen LogP contribution in [0.2, 0.25) is 0 Å². The minimum absolute atomic E-state index is 0.182. The van der Waals surface area contributed by atoms with Gasteiger partial charge in [-0.2, -0.15) is 0 Å². The molecule has 0 aromatic carbocycles. The van der Waals surface area contributed by atoms with E-state index >= 15 is 0 Å². The Bertz CT molecular complexity index is 239. The fourth-order valence-corrected chi connectivity index (χ4v) is 1.64. The summed E-state index contributed by atoms with van der Waals surface area (Å²) in [6.07, 6.45) is 0.325. The van der Waals surface area contributed by atoms with Crippen LogP contribution >= 0.6 is 0 Å². The second kappa shape index (κ2) is 4.17. The molecule has 0 spiro atoms. The van der Waals surface area contributed by atoms with E-state index in [1.165, 1.54) is 0 Å². The van der Waals surface area contributed by atoms with Gasteiger partial charge in [-0.15, -0.1) is 0 Å². The second-order valence-electron chi connectivity index (χ2n) is 3.78. The van der Waals surface area contributed by atoms with Gasteiger partial charge in [-0.25, -0.2) is 4.79 Å². The zero-order valence-corrected chi connectivity index (χ0v) is 8.68. The molecule has 2 saturated heterocycles. The molecular formula is C9H14O7. The normalized spacial score (nSPS) is 38.6. The Morgan fingerprint density at radius 2 is 1.44 bits per heavy atom. The van der Waals surface area contributed by atoms with Crippen molar-refractivity contribution in [3.63, 3.8) is 0 Å². The quantitative estimate of drug-likeness (QED) is 0.515. The van der Waals surface area contributed by atoms with Crippen molar-refractivity contribution in [3.8, 4) is 0 Å². The zero-order valence-electron chi connectivity index (χ0n) is 8.68. The number of aliphatic hydroxyl groups is 2. The van der Waals surface area contributed by atoms with Gasteiger partial charge >= 0.3 is 18.1 Å². The summed E-state index contributed by atoms with van der Waals surface area (Å²) >= 11 is 0. The fourth-order valence-electron chi connectivity index (χ4n) is 1.64. The molecule has 0 saturated carbocycles. The molecule has 0 bridgehead atoms. The van der Waals surface area contributed by atoms with Gasteiger partial charge in [0.1, 0.15) is 0 Å². The SMILES string of the molecule is O=C(OC1(O)CCCO1)OC1(O)CCCO1. The standard InChI is InChI=1S/C9H14O7/c10-7(15-8(11)3-1-5-13-8)16-9(12)4-2-6-14-9/h11-12H,1-6H2. The summed E-state index contributed by atoms with van der Waals surface area (Å²) in [5.41, 5.74) is 0. The van der Waals surface area contributed by atoms with Crippen LogP contribution in [0.1, 0.15) is 25.7 Å². The monoisotopic (exact) mass is 234 g/mol. The van der Waals surface area contributed by atoms with E-state index in [-0.39, 0.29) is 12.8 Å². The van der Waals surface area contributed by atoms with Gasteiger partial charge in [-0.3, -0.25) is 0 Å². The van der Waals surface area contributed by atoms with Crippen molar-refractivity contribution in [1.82, 2.24) is 0 Å². The van der Waals surface area contributed by atoms with E-state index < -0.39 is 18.1 Å². The van der Waals surface area contributed by atoms with E-state index in [2.05, 4.69) is 9.47 Å². The van der Waals surface area contributed by atoms with Crippen molar-refractivity contribution in [3.05, 3.63) is 0 Å². The first kappa shape index (κ1) is 11.6. The van der Waals surface area contributed by atoms with Gasteiger partial charge < -0.3 is 29.2 Å². The van der Waals surface area contributed by atoms with Crippen molar-refractivity contribution in [1.29, 1.82) is 0 Å². The molecule has 92 valence electrons. The Kier molecular flexibility index (Phi) is 3.02. The zero-order chi connectivity index (χ0) is 11.6. The van der Waals surface area contributed by atoms with E-state index in [4.69, 9.17) is 9.47 Å². The Labute approximate surface area is 91.9 Å². The molecule has 0 aromatic heterocycles. The predicted molar refractivity (Wildman–Crippen MR) is 47.8 cm³/mol. The Morgan fingerprint density at radius 3 is 1.75 bits per heavy atom. The third kappa shape index (κ3) is 2.62. The van der Waals surface area contributed by atoms with E-state index in [0.29, 0.717) is 26.1 Å². The molecule has 7 nitrogen and oxygen atoms in total. The molecule has 7 heteroatoms. The van der Waals surface area contributed by atoms with Crippen molar-refractivity contribution < 1.29 is 34.0 Å². The van der Waals surface area contributed by atoms with E-state index in [9.17, 15) is 15.0 Å². The maximum Gasteiger partial charge on any atom is 0.516 e. The van der Waals surface area contributed by atoms with Crippen LogP contribution in [0, 0.1) is 0 Å². The van der Waals surface area contributed by atoms with Crippen LogP contribution in [0.5, 0.6) is 0 Å². The predicted octanol–water partition coefficient (Wildman–Crippen LogP) is 0.0526. The van der Waals surface area contributed by atoms with Crippen LogP contribution in [0.4, 0.5) is 4.79 Å². The number of carbonyl (C=O) groups is 1. The molecular weight excluding hydrogens is 220 g/mol. The molecule has 2 atom stereocenters. The van der Waals surface area contributed by atoms with Gasteiger partial charge in [0.15, 0.2) is 0 Å². The summed E-state index contributed by atoms with van der Waals surface area (Å²) in [5.74, 6) is -3.88. The maximum atomic E-state index is 11.2. The maximum absolute atomic E-state index is 11.2. The summed E-state index contributed by atoms with van der Waals surface area (Å²) in [6.45, 7) is 0.620. The highest BCUT2D eigenvalue weighted by molar-refractivity contribution is 5.60. The smallest absolute Gasteiger partial charge is 0.376 e. The van der Waals surface area contributed by atoms with Gasteiger partial charge in [0, 0.05) is 12.8 Å². The average molecular weight is 234 g/mol. The summed E-state index contributed by atoms with van der Waals surface area (Å²) < 4.78 is 18.8. The molecule has 2 fully saturated rings. The largest absolute Gasteiger partial charge is 0.516 e. The molecule has 0 amide bonds. The van der Waals surface area contributed by atoms with Crippen LogP contribution in [0.3, 0.4) is 0 Å². The Morgan fingerprint density at radius 1 is 1.00 bits per heavy atom. The highest BCUT2D eigenvalue weighted by atomic mass is 16.9. The lowest BCUT2D eigenvalue weighted by Crippen LogP contribution is -2.39. The summed E-state index contributed by atoms with van der Waals surface area (Å²) in [6, 6.07) is 0. The molecule has 0 radical (unpaired) electrons. The minimum Gasteiger partial charge on any atom is -0.376 e. The van der Waals surface area contributed by atoms with Gasteiger partial charge in [0.2, 0.25) is 0 Å². The van der Waals surface area contributed by atoms with Crippen LogP contribution in [-0.2, 0) is 18.9 Å². The van der Waals surface area contributed by atoms with Crippen molar-refractivity contribution in [2.45, 2.75) is 37.6 Å². The molecule has 2 aliphatic rings. The van der Waals surface area contributed by atoms with Gasteiger partial charge in [0.25, 0.3) is 0 Å². The topological polar surface area (TPSA) is 94.5 Å². The lowest BCUT2D eigenvalue weighted by molar-refractivity contribution is -0.351. The molecule has 0 aliphatic carbocycles. The Hall–Kier alpha value is -0.890. The number of carbonyl (C=O) groups excluding carboxylic acids is 1. The van der Waals surface area contributed by atoms with Gasteiger partial charge in [-0.1, -0.05) is 0 Å². The van der Waals surface area contributed by atoms with Crippen molar-refractivity contribution in [2.24, 2.45) is 0 Å². The summed E-state index contributed by atoms with van der Waals surface area (Å²) in [4.78, 5) is 11.2. The van der Waals surface area contributed by atoms with Crippen LogP contribution in [0.25, 0.3) is 0 Å². The number of hydrogen-bond donors (Lipinski definition) is 2. The molecule has 2 rings (SSSR count). The minimum atomic E-state index is -1.94. The van der Waals surface area contributed by atoms with Crippen LogP contribution in [-0.4, -0.2) is 41.5 Å². The molecule has 2 aliphatic heterocycles. The lowest BCUT2D eigenvalue weighted by Gasteiger charge is -2.24. The third-order valence-corrected chi connectivity index (χ3v) is 2.41. The first-order valence-corrected chi connectivity index (χ1v) is 5.16. The van der Waals surface area contributed by atoms with E-state index in [1.54, 1.807) is 0 Å². The first-order valence-electron chi connectivity index (χ1n) is 5.16. The second-order valence-corrected chi connectivity index (χ2v) is 3.78. The molecule has 2 heterocycles. The lowest BCUT2D eigenvalue weighted by atomic mass is 10.3. The van der Waals surface area contributed by atoms with Crippen molar-refractivity contribution >= 4 is 6.16 Å². The average Bonchev–Trinajstić information content (AvgIpc) is 2.75. The highest BCUT2D eigenvalue weighted by Gasteiger charge is 2.42. The number of rotatable bonds is 2. The first-order chi connectivity index (χ1) is 7.52. The Balaban J connectivity index is 1.84. The fraction of sp³-hybridized carbons (Fsp3) is 0.889. The van der Waals surface area contributed by atoms with Crippen LogP contribution in [0.15, 0.2) is 0 Å². The van der Waals surface area contributed by atoms with Crippen molar-refractivity contribution in [2.75, 3.05) is 13.2 Å². The van der Waals surface area contributed by atoms with Gasteiger partial charge in [-0.05, 0) is 12.8 Å². The third-order valence-electron chi connectivity index (χ3n) is 2.41. The number of hydrogen-bond acceptors (Lipinski definition) is 7. The highest BCUT2D eigenvalue weighted by Crippen LogP contribution is 2.28. The van der Waals surface area contributed by atoms with Crippen LogP contribution < -0.4 is 0 Å². The molecule has 2 unspecified atom stereocenters. The van der Waals surface area contributed by atoms with E-state index in [0.717, 1.165) is 0 Å². The molecule has 2 N–H and O–H groups in total. The summed E-state index contributed by atoms with van der Waals surface area (Å²) in [7, 11) is 0. The molecule has 16 heavy (non-hydrogen) atoms. The number of ether oxygens (including phenoxy) is 4.